The lowest BCUT2D eigenvalue weighted by Gasteiger charge is -2.09. The van der Waals surface area contributed by atoms with Crippen molar-refractivity contribution >= 4 is 17.3 Å². The molecule has 0 atom stereocenters. The molecule has 1 rings (SSSR count). The van der Waals surface area contributed by atoms with Gasteiger partial charge in [-0.2, -0.15) is 0 Å². The van der Waals surface area contributed by atoms with Crippen molar-refractivity contribution in [2.75, 3.05) is 19.0 Å². The van der Waals surface area contributed by atoms with Crippen LogP contribution in [0.2, 0.25) is 0 Å². The number of nitrogens with zero attached hydrogens (tertiary/aromatic N) is 1. The molecule has 0 aliphatic heterocycles. The van der Waals surface area contributed by atoms with Crippen LogP contribution in [-0.2, 0) is 9.53 Å². The molecule has 0 saturated carbocycles. The first-order valence-electron chi connectivity index (χ1n) is 5.00. The van der Waals surface area contributed by atoms with Gasteiger partial charge >= 0.3 is 0 Å². The number of rotatable bonds is 4. The molecule has 0 fully saturated rings. The first-order chi connectivity index (χ1) is 7.95. The first-order valence-corrected chi connectivity index (χ1v) is 5.00. The van der Waals surface area contributed by atoms with E-state index in [0.29, 0.717) is 16.8 Å². The minimum atomic E-state index is -0.441. The number of nitro groups is 1. The largest absolute Gasteiger partial charge is 0.375 e. The number of ether oxygens (including phenoxy) is 1. The van der Waals surface area contributed by atoms with Gasteiger partial charge < -0.3 is 10.1 Å². The Labute approximate surface area is 98.7 Å². The van der Waals surface area contributed by atoms with Crippen LogP contribution in [0, 0.1) is 24.0 Å². The molecule has 0 aliphatic carbocycles. The predicted molar refractivity (Wildman–Crippen MR) is 63.1 cm³/mol. The van der Waals surface area contributed by atoms with Crippen molar-refractivity contribution in [1.82, 2.24) is 0 Å². The molecule has 92 valence electrons. The Morgan fingerprint density at radius 1 is 1.41 bits per heavy atom. The van der Waals surface area contributed by atoms with Gasteiger partial charge in [0.1, 0.15) is 6.61 Å². The summed E-state index contributed by atoms with van der Waals surface area (Å²) in [7, 11) is 1.42. The van der Waals surface area contributed by atoms with Crippen molar-refractivity contribution in [3.05, 3.63) is 33.4 Å². The number of aryl methyl sites for hydroxylation is 2. The van der Waals surface area contributed by atoms with Crippen molar-refractivity contribution in [3.63, 3.8) is 0 Å². The van der Waals surface area contributed by atoms with Crippen LogP contribution in [0.5, 0.6) is 0 Å². The number of nitro benzene ring substituents is 1. The van der Waals surface area contributed by atoms with Crippen molar-refractivity contribution in [2.45, 2.75) is 13.8 Å². The third kappa shape index (κ3) is 3.25. The van der Waals surface area contributed by atoms with E-state index in [9.17, 15) is 14.9 Å². The van der Waals surface area contributed by atoms with Crippen LogP contribution in [-0.4, -0.2) is 24.5 Å². The van der Waals surface area contributed by atoms with E-state index in [1.807, 2.05) is 0 Å². The average molecular weight is 238 g/mol. The number of carbonyl (C=O) groups is 1. The summed E-state index contributed by atoms with van der Waals surface area (Å²) >= 11 is 0. The van der Waals surface area contributed by atoms with E-state index >= 15 is 0 Å². The first kappa shape index (κ1) is 13.1. The summed E-state index contributed by atoms with van der Waals surface area (Å²) in [5, 5.41) is 13.3. The molecule has 0 aromatic heterocycles. The molecule has 0 radical (unpaired) electrons. The SMILES string of the molecule is COCC(=O)Nc1cc(C)c([N+](=O)[O-])cc1C. The van der Waals surface area contributed by atoms with Gasteiger partial charge in [0.25, 0.3) is 5.69 Å². The van der Waals surface area contributed by atoms with Gasteiger partial charge in [-0.3, -0.25) is 14.9 Å². The maximum atomic E-state index is 11.3. The van der Waals surface area contributed by atoms with E-state index in [1.165, 1.54) is 13.2 Å². The molecule has 0 bridgehead atoms. The van der Waals surface area contributed by atoms with Gasteiger partial charge in [-0.1, -0.05) is 0 Å². The molecule has 6 heteroatoms. The predicted octanol–water partition coefficient (Wildman–Crippen LogP) is 1.80. The van der Waals surface area contributed by atoms with E-state index in [4.69, 9.17) is 0 Å². The van der Waals surface area contributed by atoms with Crippen LogP contribution in [0.25, 0.3) is 0 Å². The van der Waals surface area contributed by atoms with E-state index in [-0.39, 0.29) is 18.2 Å². The Kier molecular flexibility index (Phi) is 4.17. The molecule has 6 nitrogen and oxygen atoms in total. The minimum absolute atomic E-state index is 0.0462. The second-order valence-corrected chi connectivity index (χ2v) is 3.69. The third-order valence-electron chi connectivity index (χ3n) is 2.29. The van der Waals surface area contributed by atoms with E-state index in [2.05, 4.69) is 10.1 Å². The molecule has 0 spiro atoms. The minimum Gasteiger partial charge on any atom is -0.375 e. The zero-order chi connectivity index (χ0) is 13.0. The van der Waals surface area contributed by atoms with Crippen LogP contribution in [0.3, 0.4) is 0 Å². The number of hydrogen-bond donors (Lipinski definition) is 1. The van der Waals surface area contributed by atoms with Crippen LogP contribution in [0.4, 0.5) is 11.4 Å². The topological polar surface area (TPSA) is 81.5 Å². The molecule has 0 unspecified atom stereocenters. The zero-order valence-electron chi connectivity index (χ0n) is 9.94. The molecular formula is C11H14N2O4. The molecule has 1 aromatic rings. The van der Waals surface area contributed by atoms with Crippen LogP contribution >= 0.6 is 0 Å². The summed E-state index contributed by atoms with van der Waals surface area (Å²) in [5.41, 5.74) is 1.77. The molecule has 0 saturated heterocycles. The summed E-state index contributed by atoms with van der Waals surface area (Å²) < 4.78 is 4.69. The molecule has 0 heterocycles. The molecule has 1 N–H and O–H groups in total. The summed E-state index contributed by atoms with van der Waals surface area (Å²) in [4.78, 5) is 21.6. The summed E-state index contributed by atoms with van der Waals surface area (Å²) in [6, 6.07) is 3.03. The number of carbonyl (C=O) groups excluding carboxylic acids is 1. The zero-order valence-corrected chi connectivity index (χ0v) is 9.94. The maximum absolute atomic E-state index is 11.3. The van der Waals surface area contributed by atoms with Crippen LogP contribution in [0.15, 0.2) is 12.1 Å². The Morgan fingerprint density at radius 2 is 2.06 bits per heavy atom. The lowest BCUT2D eigenvalue weighted by molar-refractivity contribution is -0.385. The summed E-state index contributed by atoms with van der Waals surface area (Å²) in [6.45, 7) is 3.29. The highest BCUT2D eigenvalue weighted by atomic mass is 16.6. The Hall–Kier alpha value is -1.95. The third-order valence-corrected chi connectivity index (χ3v) is 2.29. The lowest BCUT2D eigenvalue weighted by atomic mass is 10.1. The fraction of sp³-hybridized carbons (Fsp3) is 0.364. The van der Waals surface area contributed by atoms with Crippen molar-refractivity contribution < 1.29 is 14.5 Å². The van der Waals surface area contributed by atoms with Gasteiger partial charge in [0.15, 0.2) is 0 Å². The lowest BCUT2D eigenvalue weighted by Crippen LogP contribution is -2.18. The van der Waals surface area contributed by atoms with Gasteiger partial charge in [0.2, 0.25) is 5.91 Å². The van der Waals surface area contributed by atoms with E-state index in [0.717, 1.165) is 0 Å². The highest BCUT2D eigenvalue weighted by Crippen LogP contribution is 2.25. The number of amides is 1. The molecule has 1 amide bonds. The fourth-order valence-electron chi connectivity index (χ4n) is 1.45. The van der Waals surface area contributed by atoms with Crippen molar-refractivity contribution in [2.24, 2.45) is 0 Å². The average Bonchev–Trinajstić information content (AvgIpc) is 2.22. The molecule has 1 aromatic carbocycles. The summed E-state index contributed by atoms with van der Waals surface area (Å²) in [6.07, 6.45) is 0. The van der Waals surface area contributed by atoms with Gasteiger partial charge in [-0.05, 0) is 25.5 Å². The van der Waals surface area contributed by atoms with E-state index < -0.39 is 4.92 Å². The molecule has 17 heavy (non-hydrogen) atoms. The van der Waals surface area contributed by atoms with Gasteiger partial charge in [0, 0.05) is 24.4 Å². The van der Waals surface area contributed by atoms with Gasteiger partial charge in [0.05, 0.1) is 4.92 Å². The molecule has 0 aliphatic rings. The quantitative estimate of drug-likeness (QED) is 0.640. The smallest absolute Gasteiger partial charge is 0.272 e. The van der Waals surface area contributed by atoms with Crippen molar-refractivity contribution in [3.8, 4) is 0 Å². The van der Waals surface area contributed by atoms with Crippen LogP contribution < -0.4 is 5.32 Å². The standard InChI is InChI=1S/C11H14N2O4/c1-7-5-10(13(15)16)8(2)4-9(7)12-11(14)6-17-3/h4-5H,6H2,1-3H3,(H,12,14). The second kappa shape index (κ2) is 5.40. The number of hydrogen-bond acceptors (Lipinski definition) is 4. The number of anilines is 1. The normalized spacial score (nSPS) is 10.1. The highest BCUT2D eigenvalue weighted by Gasteiger charge is 2.14. The number of methoxy groups -OCH3 is 1. The Bertz CT molecular complexity index is 457. The monoisotopic (exact) mass is 238 g/mol. The fourth-order valence-corrected chi connectivity index (χ4v) is 1.45. The van der Waals surface area contributed by atoms with E-state index in [1.54, 1.807) is 19.9 Å². The number of nitrogens with one attached hydrogen (secondary N) is 1. The Balaban J connectivity index is 2.99. The van der Waals surface area contributed by atoms with Crippen LogP contribution in [0.1, 0.15) is 11.1 Å². The van der Waals surface area contributed by atoms with Crippen molar-refractivity contribution in [1.29, 1.82) is 0 Å². The highest BCUT2D eigenvalue weighted by molar-refractivity contribution is 5.92. The van der Waals surface area contributed by atoms with Gasteiger partial charge in [-0.25, -0.2) is 0 Å². The second-order valence-electron chi connectivity index (χ2n) is 3.69. The number of benzene rings is 1. The molecular weight excluding hydrogens is 224 g/mol. The Morgan fingerprint density at radius 3 is 2.59 bits per heavy atom. The maximum Gasteiger partial charge on any atom is 0.272 e. The summed E-state index contributed by atoms with van der Waals surface area (Å²) in [5.74, 6) is -0.288. The van der Waals surface area contributed by atoms with Gasteiger partial charge in [-0.15, -0.1) is 0 Å².